The highest BCUT2D eigenvalue weighted by Crippen LogP contribution is 2.58. The van der Waals surface area contributed by atoms with Gasteiger partial charge in [-0.1, -0.05) is 57.0 Å². The van der Waals surface area contributed by atoms with E-state index in [2.05, 4.69) is 31.3 Å². The number of nitrogens with one attached hydrogen (secondary N) is 1. The van der Waals surface area contributed by atoms with Gasteiger partial charge >= 0.3 is 5.97 Å². The number of rotatable bonds is 9. The molecule has 4 N–H and O–H groups in total. The van der Waals surface area contributed by atoms with Crippen LogP contribution in [0, 0.1) is 0 Å². The van der Waals surface area contributed by atoms with E-state index < -0.39 is 28.1 Å². The van der Waals surface area contributed by atoms with Gasteiger partial charge in [0, 0.05) is 23.2 Å². The predicted octanol–water partition coefficient (Wildman–Crippen LogP) is 5.89. The second-order valence-electron chi connectivity index (χ2n) is 10.2. The molecule has 2 aromatic rings. The lowest BCUT2D eigenvalue weighted by molar-refractivity contribution is -0.142. The standard InChI is InChI=1S/C28H40N2O5S/c1-4-6-14-28(5-2)19-36(33,34)25-16-21(18-30-15-10-13-23(30)27(31)32)24(35-3)17-22(25)26(29-28)20-11-8-7-9-12-20/h7-9,11-12,16-17,23,26,29,33-34H,4-6,10,13-15,18-19H2,1-3H3,(H,31,32)/t23-,26-,28-/m1/s1. The fraction of sp³-hybridized carbons (Fsp3) is 0.536. The lowest BCUT2D eigenvalue weighted by Crippen LogP contribution is -2.49. The van der Waals surface area contributed by atoms with Gasteiger partial charge in [-0.15, -0.1) is 0 Å². The Hall–Kier alpha value is -2.10. The molecule has 36 heavy (non-hydrogen) atoms. The summed E-state index contributed by atoms with van der Waals surface area (Å²) < 4.78 is 29.2. The van der Waals surface area contributed by atoms with E-state index in [0.717, 1.165) is 48.8 Å². The molecule has 2 aromatic carbocycles. The Labute approximate surface area is 216 Å². The van der Waals surface area contributed by atoms with Crippen molar-refractivity contribution in [2.75, 3.05) is 19.4 Å². The van der Waals surface area contributed by atoms with Crippen LogP contribution in [0.2, 0.25) is 0 Å². The summed E-state index contributed by atoms with van der Waals surface area (Å²) in [5.74, 6) is 0.0721. The summed E-state index contributed by atoms with van der Waals surface area (Å²) in [5, 5.41) is 13.5. The molecule has 1 saturated heterocycles. The van der Waals surface area contributed by atoms with Crippen LogP contribution >= 0.6 is 10.6 Å². The van der Waals surface area contributed by atoms with E-state index in [-0.39, 0.29) is 11.8 Å². The van der Waals surface area contributed by atoms with Gasteiger partial charge < -0.3 is 9.84 Å². The highest BCUT2D eigenvalue weighted by atomic mass is 32.3. The summed E-state index contributed by atoms with van der Waals surface area (Å²) >= 11 is 0. The first kappa shape index (κ1) is 26.9. The Morgan fingerprint density at radius 2 is 1.97 bits per heavy atom. The summed E-state index contributed by atoms with van der Waals surface area (Å²) in [6.07, 6.45) is 5.10. The van der Waals surface area contributed by atoms with Crippen molar-refractivity contribution in [2.45, 2.75) is 81.4 Å². The monoisotopic (exact) mass is 516 g/mol. The molecule has 2 aliphatic heterocycles. The summed E-state index contributed by atoms with van der Waals surface area (Å²) in [6, 6.07) is 13.2. The first-order valence-corrected chi connectivity index (χ1v) is 14.7. The Bertz CT molecular complexity index is 1060. The van der Waals surface area contributed by atoms with Crippen molar-refractivity contribution in [3.05, 3.63) is 59.2 Å². The molecule has 0 spiro atoms. The van der Waals surface area contributed by atoms with E-state index in [1.807, 2.05) is 35.2 Å². The number of methoxy groups -OCH3 is 1. The summed E-state index contributed by atoms with van der Waals surface area (Å²) in [4.78, 5) is 14.3. The van der Waals surface area contributed by atoms with Crippen molar-refractivity contribution in [3.63, 3.8) is 0 Å². The summed E-state index contributed by atoms with van der Waals surface area (Å²) in [5.41, 5.74) is 2.23. The van der Waals surface area contributed by atoms with E-state index in [1.54, 1.807) is 7.11 Å². The lowest BCUT2D eigenvalue weighted by atomic mass is 9.88. The number of hydrogen-bond acceptors (Lipinski definition) is 6. The maximum atomic E-state index is 11.8. The number of carboxylic acid groups (broad SMARTS) is 1. The number of unbranched alkanes of at least 4 members (excludes halogenated alkanes) is 1. The normalized spacial score (nSPS) is 26.7. The Morgan fingerprint density at radius 3 is 2.61 bits per heavy atom. The Morgan fingerprint density at radius 1 is 1.22 bits per heavy atom. The van der Waals surface area contributed by atoms with Crippen LogP contribution in [0.25, 0.3) is 0 Å². The molecule has 3 atom stereocenters. The molecule has 0 saturated carbocycles. The quantitative estimate of drug-likeness (QED) is 0.330. The number of aliphatic carboxylic acids is 1. The van der Waals surface area contributed by atoms with Gasteiger partial charge in [-0.05, 0) is 49.9 Å². The zero-order chi connectivity index (χ0) is 25.9. The van der Waals surface area contributed by atoms with Crippen LogP contribution in [0.5, 0.6) is 5.75 Å². The van der Waals surface area contributed by atoms with Crippen molar-refractivity contribution >= 4 is 16.6 Å². The first-order chi connectivity index (χ1) is 17.2. The minimum atomic E-state index is -3.13. The van der Waals surface area contributed by atoms with Crippen LogP contribution in [0.3, 0.4) is 0 Å². The zero-order valence-corrected chi connectivity index (χ0v) is 22.4. The second-order valence-corrected chi connectivity index (χ2v) is 12.3. The zero-order valence-electron chi connectivity index (χ0n) is 21.6. The highest BCUT2D eigenvalue weighted by molar-refractivity contribution is 8.24. The maximum absolute atomic E-state index is 11.8. The minimum Gasteiger partial charge on any atom is -0.496 e. The molecule has 0 unspecified atom stereocenters. The third-order valence-corrected chi connectivity index (χ3v) is 9.86. The van der Waals surface area contributed by atoms with E-state index in [0.29, 0.717) is 30.2 Å². The molecule has 2 aliphatic rings. The fourth-order valence-electron chi connectivity index (χ4n) is 5.79. The number of likely N-dealkylation sites (tertiary alicyclic amines) is 1. The van der Waals surface area contributed by atoms with Crippen LogP contribution in [0.15, 0.2) is 47.4 Å². The third kappa shape index (κ3) is 5.43. The molecule has 0 radical (unpaired) electrons. The average Bonchev–Trinajstić information content (AvgIpc) is 3.31. The molecule has 1 fully saturated rings. The molecule has 7 nitrogen and oxygen atoms in total. The van der Waals surface area contributed by atoms with E-state index in [1.165, 1.54) is 0 Å². The topological polar surface area (TPSA) is 102 Å². The van der Waals surface area contributed by atoms with Crippen LogP contribution in [-0.4, -0.2) is 56.1 Å². The summed E-state index contributed by atoms with van der Waals surface area (Å²) in [6.45, 7) is 5.35. The number of fused-ring (bicyclic) bond motifs is 1. The molecule has 2 heterocycles. The van der Waals surface area contributed by atoms with Gasteiger partial charge in [0.25, 0.3) is 0 Å². The van der Waals surface area contributed by atoms with Crippen LogP contribution in [0.4, 0.5) is 0 Å². The van der Waals surface area contributed by atoms with Gasteiger partial charge in [0.05, 0.1) is 23.8 Å². The van der Waals surface area contributed by atoms with E-state index in [4.69, 9.17) is 4.74 Å². The largest absolute Gasteiger partial charge is 0.496 e. The molecule has 198 valence electrons. The van der Waals surface area contributed by atoms with Gasteiger partial charge in [0.15, 0.2) is 0 Å². The van der Waals surface area contributed by atoms with Gasteiger partial charge in [0.1, 0.15) is 11.8 Å². The number of ether oxygens (including phenoxy) is 1. The maximum Gasteiger partial charge on any atom is 0.320 e. The molecule has 0 amide bonds. The smallest absolute Gasteiger partial charge is 0.320 e. The number of hydrogen-bond donors (Lipinski definition) is 4. The van der Waals surface area contributed by atoms with Crippen LogP contribution in [-0.2, 0) is 11.3 Å². The van der Waals surface area contributed by atoms with Crippen molar-refractivity contribution in [1.82, 2.24) is 10.2 Å². The van der Waals surface area contributed by atoms with E-state index >= 15 is 0 Å². The van der Waals surface area contributed by atoms with Crippen molar-refractivity contribution in [2.24, 2.45) is 0 Å². The Kier molecular flexibility index (Phi) is 8.32. The molecule has 0 aromatic heterocycles. The molecule has 8 heteroatoms. The van der Waals surface area contributed by atoms with Crippen LogP contribution < -0.4 is 10.1 Å². The van der Waals surface area contributed by atoms with Gasteiger partial charge in [-0.3, -0.25) is 24.1 Å². The lowest BCUT2D eigenvalue weighted by Gasteiger charge is -2.42. The Balaban J connectivity index is 1.84. The van der Waals surface area contributed by atoms with Crippen LogP contribution in [0.1, 0.15) is 75.1 Å². The number of carboxylic acids is 1. The summed E-state index contributed by atoms with van der Waals surface area (Å²) in [7, 11) is -1.52. The molecular formula is C28H40N2O5S. The second kappa shape index (κ2) is 11.1. The van der Waals surface area contributed by atoms with Gasteiger partial charge in [-0.25, -0.2) is 0 Å². The number of benzene rings is 2. The van der Waals surface area contributed by atoms with E-state index in [9.17, 15) is 19.0 Å². The predicted molar refractivity (Wildman–Crippen MR) is 144 cm³/mol. The minimum absolute atomic E-state index is 0.229. The van der Waals surface area contributed by atoms with Crippen molar-refractivity contribution < 1.29 is 23.7 Å². The first-order valence-electron chi connectivity index (χ1n) is 13.0. The molecular weight excluding hydrogens is 476 g/mol. The fourth-order valence-corrected chi connectivity index (χ4v) is 8.03. The number of carbonyl (C=O) groups is 1. The SMILES string of the molecule is CCCC[C@]1(CC)CS(O)(O)c2cc(CN3CCC[C@@H]3C(=O)O)c(OC)cc2[C@@H](c2ccccc2)N1. The van der Waals surface area contributed by atoms with Crippen molar-refractivity contribution in [1.29, 1.82) is 0 Å². The third-order valence-electron chi connectivity index (χ3n) is 7.84. The number of nitrogens with zero attached hydrogens (tertiary/aromatic N) is 1. The van der Waals surface area contributed by atoms with Gasteiger partial charge in [0.2, 0.25) is 0 Å². The highest BCUT2D eigenvalue weighted by Gasteiger charge is 2.42. The molecule has 0 aliphatic carbocycles. The molecule has 4 rings (SSSR count). The van der Waals surface area contributed by atoms with Gasteiger partial charge in [-0.2, -0.15) is 10.6 Å². The van der Waals surface area contributed by atoms with Crippen molar-refractivity contribution in [3.8, 4) is 5.75 Å². The molecule has 0 bridgehead atoms. The average molecular weight is 517 g/mol.